The van der Waals surface area contributed by atoms with Gasteiger partial charge < -0.3 is 9.84 Å². The van der Waals surface area contributed by atoms with Gasteiger partial charge in [-0.3, -0.25) is 0 Å². The van der Waals surface area contributed by atoms with Crippen LogP contribution in [0.1, 0.15) is 19.3 Å². The molecule has 0 heterocycles. The zero-order chi connectivity index (χ0) is 10.7. The number of phenolic OH excluding ortho intramolecular Hbond substituents is 1. The van der Waals surface area contributed by atoms with Crippen molar-refractivity contribution < 1.29 is 9.84 Å². The van der Waals surface area contributed by atoms with E-state index in [9.17, 15) is 5.11 Å². The van der Waals surface area contributed by atoms with Crippen LogP contribution < -0.4 is 0 Å². The summed E-state index contributed by atoms with van der Waals surface area (Å²) in [6, 6.07) is 7.39. The summed E-state index contributed by atoms with van der Waals surface area (Å²) in [6.45, 7) is 0. The summed E-state index contributed by atoms with van der Waals surface area (Å²) in [7, 11) is 1.79. The van der Waals surface area contributed by atoms with Gasteiger partial charge >= 0.3 is 0 Å². The summed E-state index contributed by atoms with van der Waals surface area (Å²) >= 11 is 1.76. The zero-order valence-corrected chi connectivity index (χ0v) is 9.72. The molecular weight excluding hydrogens is 208 g/mol. The first-order chi connectivity index (χ1) is 7.24. The van der Waals surface area contributed by atoms with Crippen molar-refractivity contribution in [3.8, 4) is 5.75 Å². The Morgan fingerprint density at radius 2 is 2.27 bits per heavy atom. The number of aromatic hydroxyl groups is 1. The highest BCUT2D eigenvalue weighted by atomic mass is 32.2. The molecule has 1 N–H and O–H groups in total. The first-order valence-electron chi connectivity index (χ1n) is 5.21. The van der Waals surface area contributed by atoms with E-state index < -0.39 is 0 Å². The number of hydrogen-bond acceptors (Lipinski definition) is 3. The van der Waals surface area contributed by atoms with Crippen molar-refractivity contribution in [2.75, 3.05) is 12.9 Å². The SMILES string of the molecule is COC1(CSc2cccc(O)c2)CCC1. The minimum Gasteiger partial charge on any atom is -0.508 e. The van der Waals surface area contributed by atoms with Gasteiger partial charge in [-0.05, 0) is 37.5 Å². The third-order valence-corrected chi connectivity index (χ3v) is 4.28. The van der Waals surface area contributed by atoms with Gasteiger partial charge in [0, 0.05) is 17.8 Å². The number of thioether (sulfide) groups is 1. The number of benzene rings is 1. The minimum absolute atomic E-state index is 0.0934. The molecular formula is C12H16O2S. The van der Waals surface area contributed by atoms with E-state index in [1.165, 1.54) is 6.42 Å². The van der Waals surface area contributed by atoms with Gasteiger partial charge in [-0.15, -0.1) is 11.8 Å². The summed E-state index contributed by atoms with van der Waals surface area (Å²) in [5.74, 6) is 1.31. The van der Waals surface area contributed by atoms with Crippen molar-refractivity contribution in [2.45, 2.75) is 29.8 Å². The monoisotopic (exact) mass is 224 g/mol. The fourth-order valence-electron chi connectivity index (χ4n) is 1.77. The molecule has 0 spiro atoms. The first-order valence-corrected chi connectivity index (χ1v) is 6.20. The molecule has 0 amide bonds. The van der Waals surface area contributed by atoms with Crippen LogP contribution in [-0.4, -0.2) is 23.6 Å². The van der Waals surface area contributed by atoms with Crippen molar-refractivity contribution in [3.63, 3.8) is 0 Å². The lowest BCUT2D eigenvalue weighted by molar-refractivity contribution is -0.0513. The largest absolute Gasteiger partial charge is 0.508 e. The van der Waals surface area contributed by atoms with Crippen LogP contribution in [0, 0.1) is 0 Å². The number of hydrogen-bond donors (Lipinski definition) is 1. The molecule has 82 valence electrons. The summed E-state index contributed by atoms with van der Waals surface area (Å²) in [4.78, 5) is 1.11. The standard InChI is InChI=1S/C12H16O2S/c1-14-12(6-3-7-12)9-15-11-5-2-4-10(13)8-11/h2,4-5,8,13H,3,6-7,9H2,1H3. The number of rotatable bonds is 4. The van der Waals surface area contributed by atoms with Crippen LogP contribution in [0.5, 0.6) is 5.75 Å². The lowest BCUT2D eigenvalue weighted by Crippen LogP contribution is -2.41. The molecule has 0 atom stereocenters. The third kappa shape index (κ3) is 2.47. The highest BCUT2D eigenvalue weighted by molar-refractivity contribution is 7.99. The Morgan fingerprint density at radius 3 is 2.80 bits per heavy atom. The average Bonchev–Trinajstić information content (AvgIpc) is 2.17. The number of phenols is 1. The molecule has 1 aromatic carbocycles. The van der Waals surface area contributed by atoms with Crippen LogP contribution >= 0.6 is 11.8 Å². The van der Waals surface area contributed by atoms with E-state index >= 15 is 0 Å². The van der Waals surface area contributed by atoms with E-state index in [-0.39, 0.29) is 5.60 Å². The van der Waals surface area contributed by atoms with E-state index in [0.717, 1.165) is 23.5 Å². The van der Waals surface area contributed by atoms with Crippen LogP contribution in [0.4, 0.5) is 0 Å². The van der Waals surface area contributed by atoms with Gasteiger partial charge in [-0.25, -0.2) is 0 Å². The molecule has 0 unspecified atom stereocenters. The summed E-state index contributed by atoms with van der Waals surface area (Å²) < 4.78 is 5.54. The van der Waals surface area contributed by atoms with Crippen LogP contribution in [-0.2, 0) is 4.74 Å². The highest BCUT2D eigenvalue weighted by Crippen LogP contribution is 2.39. The highest BCUT2D eigenvalue weighted by Gasteiger charge is 2.36. The molecule has 15 heavy (non-hydrogen) atoms. The first kappa shape index (κ1) is 10.8. The van der Waals surface area contributed by atoms with Gasteiger partial charge in [-0.2, -0.15) is 0 Å². The Labute approximate surface area is 94.6 Å². The maximum absolute atomic E-state index is 9.33. The van der Waals surface area contributed by atoms with Crippen molar-refractivity contribution in [3.05, 3.63) is 24.3 Å². The van der Waals surface area contributed by atoms with Gasteiger partial charge in [0.05, 0.1) is 5.60 Å². The van der Waals surface area contributed by atoms with E-state index in [1.807, 2.05) is 12.1 Å². The summed E-state index contributed by atoms with van der Waals surface area (Å²) in [6.07, 6.45) is 3.60. The second kappa shape index (κ2) is 4.45. The van der Waals surface area contributed by atoms with Crippen molar-refractivity contribution in [2.24, 2.45) is 0 Å². The molecule has 0 saturated heterocycles. The Bertz CT molecular complexity index is 329. The van der Waals surface area contributed by atoms with Gasteiger partial charge in [0.2, 0.25) is 0 Å². The molecule has 3 heteroatoms. The second-order valence-electron chi connectivity index (χ2n) is 4.03. The maximum Gasteiger partial charge on any atom is 0.116 e. The number of ether oxygens (including phenoxy) is 1. The van der Waals surface area contributed by atoms with Crippen molar-refractivity contribution >= 4 is 11.8 Å². The van der Waals surface area contributed by atoms with E-state index in [2.05, 4.69) is 0 Å². The predicted molar refractivity (Wildman–Crippen MR) is 62.4 cm³/mol. The third-order valence-electron chi connectivity index (χ3n) is 3.02. The van der Waals surface area contributed by atoms with E-state index in [0.29, 0.717) is 5.75 Å². The molecule has 2 nitrogen and oxygen atoms in total. The topological polar surface area (TPSA) is 29.5 Å². The normalized spacial score (nSPS) is 18.5. The molecule has 1 fully saturated rings. The maximum atomic E-state index is 9.33. The van der Waals surface area contributed by atoms with E-state index in [1.54, 1.807) is 31.0 Å². The summed E-state index contributed by atoms with van der Waals surface area (Å²) in [5, 5.41) is 9.33. The zero-order valence-electron chi connectivity index (χ0n) is 8.90. The van der Waals surface area contributed by atoms with E-state index in [4.69, 9.17) is 4.74 Å². The molecule has 0 radical (unpaired) electrons. The van der Waals surface area contributed by atoms with Gasteiger partial charge in [-0.1, -0.05) is 6.07 Å². The lowest BCUT2D eigenvalue weighted by Gasteiger charge is -2.40. The Kier molecular flexibility index (Phi) is 3.22. The smallest absolute Gasteiger partial charge is 0.116 e. The van der Waals surface area contributed by atoms with Gasteiger partial charge in [0.1, 0.15) is 5.75 Å². The fourth-order valence-corrected chi connectivity index (χ4v) is 2.98. The Morgan fingerprint density at radius 1 is 1.47 bits per heavy atom. The van der Waals surface area contributed by atoms with Crippen LogP contribution in [0.3, 0.4) is 0 Å². The molecule has 0 aromatic heterocycles. The lowest BCUT2D eigenvalue weighted by atomic mass is 9.82. The molecule has 0 bridgehead atoms. The Hall–Kier alpha value is -0.670. The van der Waals surface area contributed by atoms with Crippen LogP contribution in [0.25, 0.3) is 0 Å². The van der Waals surface area contributed by atoms with Gasteiger partial charge in [0.15, 0.2) is 0 Å². The minimum atomic E-state index is 0.0934. The van der Waals surface area contributed by atoms with Crippen molar-refractivity contribution in [1.29, 1.82) is 0 Å². The molecule has 1 aliphatic carbocycles. The quantitative estimate of drug-likeness (QED) is 0.797. The predicted octanol–water partition coefficient (Wildman–Crippen LogP) is 3.05. The average molecular weight is 224 g/mol. The molecule has 1 saturated carbocycles. The fraction of sp³-hybridized carbons (Fsp3) is 0.500. The Balaban J connectivity index is 1.92. The molecule has 1 aromatic rings. The molecule has 1 aliphatic rings. The number of methoxy groups -OCH3 is 1. The molecule has 0 aliphatic heterocycles. The molecule has 2 rings (SSSR count). The van der Waals surface area contributed by atoms with Crippen molar-refractivity contribution in [1.82, 2.24) is 0 Å². The second-order valence-corrected chi connectivity index (χ2v) is 5.08. The van der Waals surface area contributed by atoms with Crippen LogP contribution in [0.2, 0.25) is 0 Å². The van der Waals surface area contributed by atoms with Gasteiger partial charge in [0.25, 0.3) is 0 Å². The van der Waals surface area contributed by atoms with Crippen LogP contribution in [0.15, 0.2) is 29.2 Å². The summed E-state index contributed by atoms with van der Waals surface area (Å²) in [5.41, 5.74) is 0.0934.